The lowest BCUT2D eigenvalue weighted by Crippen LogP contribution is -2.61. The van der Waals surface area contributed by atoms with E-state index in [0.717, 1.165) is 0 Å². The van der Waals surface area contributed by atoms with Crippen LogP contribution in [0.3, 0.4) is 0 Å². The molecule has 11 atom stereocenters. The maximum Gasteiger partial charge on any atom is 0.305 e. The molecule has 0 bridgehead atoms. The van der Waals surface area contributed by atoms with Gasteiger partial charge < -0.3 is 90.9 Å². The maximum atomic E-state index is 14.1. The van der Waals surface area contributed by atoms with Crippen LogP contribution in [0.25, 0.3) is 0 Å². The number of carboxylic acids is 2. The summed E-state index contributed by atoms with van der Waals surface area (Å²) in [6.07, 6.45) is 3.14. The van der Waals surface area contributed by atoms with Crippen molar-refractivity contribution in [3.05, 3.63) is 0 Å². The van der Waals surface area contributed by atoms with Gasteiger partial charge in [0, 0.05) is 6.42 Å². The zero-order valence-corrected chi connectivity index (χ0v) is 48.1. The lowest BCUT2D eigenvalue weighted by molar-refractivity contribution is -0.141. The number of aldehydes is 1. The van der Waals surface area contributed by atoms with E-state index < -0.39 is 170 Å². The Kier molecular flexibility index (Phi) is 37.8. The number of hydrogen-bond donors (Lipinski definition) is 16. The van der Waals surface area contributed by atoms with E-state index in [9.17, 15) is 77.6 Å². The highest BCUT2D eigenvalue weighted by atomic mass is 32.2. The molecule has 11 unspecified atom stereocenters. The summed E-state index contributed by atoms with van der Waals surface area (Å²) in [5.41, 5.74) is 22.7. The molecule has 29 nitrogen and oxygen atoms in total. The summed E-state index contributed by atoms with van der Waals surface area (Å²) in [6.45, 7) is 5.94. The molecule has 0 aliphatic carbocycles. The van der Waals surface area contributed by atoms with Crippen molar-refractivity contribution in [1.29, 1.82) is 0 Å². The lowest BCUT2D eigenvalue weighted by atomic mass is 9.99. The maximum absolute atomic E-state index is 14.1. The number of carbonyl (C=O) groups is 13. The van der Waals surface area contributed by atoms with Gasteiger partial charge >= 0.3 is 11.9 Å². The number of nitrogens with one attached hydrogen (secondary N) is 9. The SMILES string of the molecule is CCC(C)C(C=O)NC(=O)C(CC(=O)O)NC(=O)C(CCCCN)NC(=O)C(CCSC)NC(=O)C(NC(=O)C(CCCCN)NC(=O)C(CO)NC(=O)C(CC(N)=O)NC(=O)C(CCC(=O)O)NC(=O)C(N)CCSC)C(C)C. The van der Waals surface area contributed by atoms with Crippen molar-refractivity contribution < 1.29 is 77.6 Å². The number of hydrogen-bond acceptors (Lipinski definition) is 19. The quantitative estimate of drug-likeness (QED) is 0.0202. The molecule has 0 rings (SSSR count). The number of unbranched alkanes of at least 4 members (excludes halogenated alkanes) is 2. The third kappa shape index (κ3) is 29.4. The second-order valence-corrected chi connectivity index (χ2v) is 21.3. The lowest BCUT2D eigenvalue weighted by Gasteiger charge is -2.29. The van der Waals surface area contributed by atoms with Gasteiger partial charge in [-0.25, -0.2) is 0 Å². The van der Waals surface area contributed by atoms with Crippen molar-refractivity contribution >= 4 is 101 Å². The normalized spacial score (nSPS) is 15.2. The fourth-order valence-electron chi connectivity index (χ4n) is 7.45. The summed E-state index contributed by atoms with van der Waals surface area (Å²) in [5.74, 6) is -12.9. The second kappa shape index (κ2) is 40.9. The highest BCUT2D eigenvalue weighted by Crippen LogP contribution is 2.12. The molecule has 80 heavy (non-hydrogen) atoms. The van der Waals surface area contributed by atoms with Crippen LogP contribution < -0.4 is 70.8 Å². The van der Waals surface area contributed by atoms with Crippen LogP contribution in [0.5, 0.6) is 0 Å². The summed E-state index contributed by atoms with van der Waals surface area (Å²) in [4.78, 5) is 170. The van der Waals surface area contributed by atoms with Crippen molar-refractivity contribution in [2.75, 3.05) is 43.7 Å². The van der Waals surface area contributed by atoms with Gasteiger partial charge in [-0.2, -0.15) is 23.5 Å². The third-order valence-corrected chi connectivity index (χ3v) is 13.8. The molecule has 0 aliphatic rings. The minimum absolute atomic E-state index is 0.00641. The van der Waals surface area contributed by atoms with Crippen LogP contribution in [0.1, 0.15) is 111 Å². The van der Waals surface area contributed by atoms with Crippen LogP contribution in [0.15, 0.2) is 0 Å². The van der Waals surface area contributed by atoms with Gasteiger partial charge in [-0.05, 0) is 107 Å². The van der Waals surface area contributed by atoms with Crippen LogP contribution in [0, 0.1) is 11.8 Å². The highest BCUT2D eigenvalue weighted by Gasteiger charge is 2.37. The Morgan fingerprint density at radius 1 is 0.500 bits per heavy atom. The number of aliphatic hydroxyl groups is 1. The Bertz CT molecular complexity index is 2060. The van der Waals surface area contributed by atoms with Crippen LogP contribution in [0.4, 0.5) is 0 Å². The zero-order valence-electron chi connectivity index (χ0n) is 46.5. The summed E-state index contributed by atoms with van der Waals surface area (Å²) in [7, 11) is 0. The third-order valence-electron chi connectivity index (χ3n) is 12.5. The monoisotopic (exact) mass is 1180 g/mol. The minimum atomic E-state index is -1.85. The molecular weight excluding hydrogens is 1090 g/mol. The van der Waals surface area contributed by atoms with E-state index in [1.807, 2.05) is 0 Å². The zero-order chi connectivity index (χ0) is 61.1. The number of carbonyl (C=O) groups excluding carboxylic acids is 11. The predicted octanol–water partition coefficient (Wildman–Crippen LogP) is -4.45. The summed E-state index contributed by atoms with van der Waals surface area (Å²) >= 11 is 2.73. The van der Waals surface area contributed by atoms with E-state index in [1.54, 1.807) is 40.2 Å². The first-order valence-corrected chi connectivity index (χ1v) is 29.2. The van der Waals surface area contributed by atoms with E-state index >= 15 is 0 Å². The fourth-order valence-corrected chi connectivity index (χ4v) is 8.41. The van der Waals surface area contributed by atoms with Gasteiger partial charge in [0.05, 0.1) is 31.5 Å². The largest absolute Gasteiger partial charge is 0.481 e. The van der Waals surface area contributed by atoms with E-state index in [2.05, 4.69) is 47.9 Å². The molecule has 31 heteroatoms. The number of rotatable bonds is 44. The number of aliphatic hydroxyl groups excluding tert-OH is 1. The Hall–Kier alpha value is -6.15. The molecule has 0 saturated heterocycles. The van der Waals surface area contributed by atoms with Gasteiger partial charge in [-0.1, -0.05) is 34.1 Å². The minimum Gasteiger partial charge on any atom is -0.481 e. The highest BCUT2D eigenvalue weighted by molar-refractivity contribution is 7.98. The molecule has 0 aliphatic heterocycles. The molecular formula is C49H87N13O16S2. The van der Waals surface area contributed by atoms with Crippen molar-refractivity contribution in [1.82, 2.24) is 47.9 Å². The van der Waals surface area contributed by atoms with Gasteiger partial charge in [-0.15, -0.1) is 0 Å². The smallest absolute Gasteiger partial charge is 0.305 e. The number of aliphatic carboxylic acids is 2. The molecule has 456 valence electrons. The van der Waals surface area contributed by atoms with Crippen LogP contribution in [-0.4, -0.2) is 197 Å². The molecule has 0 aromatic carbocycles. The number of amides is 10. The Labute approximate surface area is 474 Å². The van der Waals surface area contributed by atoms with E-state index in [0.29, 0.717) is 43.5 Å². The fraction of sp³-hybridized carbons (Fsp3) is 0.735. The first-order valence-electron chi connectivity index (χ1n) is 26.4. The molecule has 0 fully saturated rings. The van der Waals surface area contributed by atoms with E-state index in [4.69, 9.17) is 22.9 Å². The molecule has 0 saturated carbocycles. The molecule has 0 heterocycles. The Balaban J connectivity index is 6.64. The van der Waals surface area contributed by atoms with Crippen molar-refractivity contribution in [3.63, 3.8) is 0 Å². The topological polar surface area (TPSA) is 495 Å². The molecule has 10 amide bonds. The van der Waals surface area contributed by atoms with Gasteiger partial charge in [0.2, 0.25) is 59.1 Å². The van der Waals surface area contributed by atoms with Crippen molar-refractivity contribution in [2.45, 2.75) is 172 Å². The number of primary amides is 1. The summed E-state index contributed by atoms with van der Waals surface area (Å²) in [5, 5.41) is 51.1. The molecule has 0 spiro atoms. The molecule has 20 N–H and O–H groups in total. The standard InChI is InChI=1S/C49H87N13O16S2/c1-7-27(4)35(24-63)60-47(76)34(23-39(68)69)59-42(71)29(12-8-10-18-50)55-44(73)32(17-21-80-6)57-49(78)40(26(2)3)62-45(74)30(13-9-11-19-51)56-48(77)36(25-64)61-46(75)33(22-37(53)65)58-43(72)31(14-15-38(66)67)54-41(70)28(52)16-20-79-5/h24,26-36,40,64H,7-23,25,50-52H2,1-6H3,(H2,53,65)(H,54,70)(H,55,73)(H,56,77)(H,57,78)(H,58,72)(H,59,71)(H,60,76)(H,61,75)(H,62,74)(H,66,67)(H,68,69). The van der Waals surface area contributed by atoms with Crippen molar-refractivity contribution in [3.8, 4) is 0 Å². The van der Waals surface area contributed by atoms with E-state index in [-0.39, 0.29) is 51.1 Å². The first kappa shape index (κ1) is 73.8. The van der Waals surface area contributed by atoms with Crippen LogP contribution >= 0.6 is 23.5 Å². The second-order valence-electron chi connectivity index (χ2n) is 19.3. The van der Waals surface area contributed by atoms with Crippen LogP contribution in [0.2, 0.25) is 0 Å². The Morgan fingerprint density at radius 2 is 0.900 bits per heavy atom. The summed E-state index contributed by atoms with van der Waals surface area (Å²) in [6, 6.07) is -14.5. The molecule has 0 aromatic rings. The first-order chi connectivity index (χ1) is 37.7. The molecule has 0 radical (unpaired) electrons. The summed E-state index contributed by atoms with van der Waals surface area (Å²) < 4.78 is 0. The van der Waals surface area contributed by atoms with Gasteiger partial charge in [0.25, 0.3) is 0 Å². The molecule has 0 aromatic heterocycles. The van der Waals surface area contributed by atoms with Crippen molar-refractivity contribution in [2.24, 2.45) is 34.8 Å². The number of thioether (sulfide) groups is 2. The number of nitrogens with two attached hydrogens (primary N) is 4. The van der Waals surface area contributed by atoms with E-state index in [1.165, 1.54) is 23.5 Å². The van der Waals surface area contributed by atoms with Crippen LogP contribution in [-0.2, 0) is 62.3 Å². The predicted molar refractivity (Wildman–Crippen MR) is 298 cm³/mol. The van der Waals surface area contributed by atoms with Gasteiger partial charge in [0.15, 0.2) is 0 Å². The average Bonchev–Trinajstić information content (AvgIpc) is 3.40. The Morgan fingerprint density at radius 3 is 1.34 bits per heavy atom. The average molecular weight is 1180 g/mol. The number of carboxylic acid groups (broad SMARTS) is 2. The van der Waals surface area contributed by atoms with Gasteiger partial charge in [0.1, 0.15) is 54.6 Å². The van der Waals surface area contributed by atoms with Gasteiger partial charge in [-0.3, -0.25) is 57.5 Å².